The molecule has 0 aromatic heterocycles. The van der Waals surface area contributed by atoms with Crippen LogP contribution in [0, 0.1) is 12.7 Å². The third-order valence-electron chi connectivity index (χ3n) is 2.48. The Hall–Kier alpha value is -2.36. The lowest BCUT2D eigenvalue weighted by Crippen LogP contribution is -2.09. The molecule has 0 spiro atoms. The molecule has 0 saturated carbocycles. The molecule has 3 nitrogen and oxygen atoms in total. The molecule has 0 aliphatic carbocycles. The zero-order valence-corrected chi connectivity index (χ0v) is 9.81. The molecule has 2 aromatic rings. The number of nitrogens with two attached hydrogens (primary N) is 1. The van der Waals surface area contributed by atoms with Gasteiger partial charge in [-0.15, -0.1) is 0 Å². The molecule has 4 heteroatoms. The fourth-order valence-electron chi connectivity index (χ4n) is 1.53. The number of benzene rings is 2. The van der Waals surface area contributed by atoms with Crippen molar-refractivity contribution in [3.05, 3.63) is 59.4 Å². The van der Waals surface area contributed by atoms with Gasteiger partial charge in [0.2, 0.25) is 0 Å². The number of aryl methyl sites for hydroxylation is 1. The molecule has 2 N–H and O–H groups in total. The minimum atomic E-state index is -0.525. The average molecular weight is 245 g/mol. The molecule has 0 amide bonds. The SMILES string of the molecule is Cc1cc(N)ccc1OC(=O)c1ccc(F)cc1. The lowest BCUT2D eigenvalue weighted by atomic mass is 10.2. The summed E-state index contributed by atoms with van der Waals surface area (Å²) in [6.45, 7) is 1.80. The van der Waals surface area contributed by atoms with Gasteiger partial charge in [-0.1, -0.05) is 0 Å². The average Bonchev–Trinajstić information content (AvgIpc) is 2.33. The highest BCUT2D eigenvalue weighted by Gasteiger charge is 2.10. The molecule has 2 rings (SSSR count). The van der Waals surface area contributed by atoms with Crippen LogP contribution >= 0.6 is 0 Å². The van der Waals surface area contributed by atoms with E-state index in [-0.39, 0.29) is 0 Å². The molecule has 0 saturated heterocycles. The number of hydrogen-bond donors (Lipinski definition) is 1. The van der Waals surface area contributed by atoms with Gasteiger partial charge in [-0.2, -0.15) is 0 Å². The van der Waals surface area contributed by atoms with Crippen molar-refractivity contribution in [3.8, 4) is 5.75 Å². The summed E-state index contributed by atoms with van der Waals surface area (Å²) < 4.78 is 17.9. The first-order valence-electron chi connectivity index (χ1n) is 5.40. The summed E-state index contributed by atoms with van der Waals surface area (Å²) in [4.78, 5) is 11.8. The van der Waals surface area contributed by atoms with Crippen LogP contribution in [0.25, 0.3) is 0 Å². The van der Waals surface area contributed by atoms with Crippen LogP contribution in [0.15, 0.2) is 42.5 Å². The lowest BCUT2D eigenvalue weighted by Gasteiger charge is -2.07. The summed E-state index contributed by atoms with van der Waals surface area (Å²) in [7, 11) is 0. The second-order valence-corrected chi connectivity index (χ2v) is 3.92. The molecule has 0 unspecified atom stereocenters. The first-order valence-corrected chi connectivity index (χ1v) is 5.40. The molecule has 18 heavy (non-hydrogen) atoms. The number of halogens is 1. The van der Waals surface area contributed by atoms with Gasteiger partial charge in [-0.3, -0.25) is 0 Å². The monoisotopic (exact) mass is 245 g/mol. The van der Waals surface area contributed by atoms with E-state index in [1.54, 1.807) is 25.1 Å². The van der Waals surface area contributed by atoms with Gasteiger partial charge >= 0.3 is 5.97 Å². The Morgan fingerprint density at radius 1 is 1.17 bits per heavy atom. The topological polar surface area (TPSA) is 52.3 Å². The van der Waals surface area contributed by atoms with Gasteiger partial charge in [-0.05, 0) is 55.0 Å². The van der Waals surface area contributed by atoms with Crippen LogP contribution < -0.4 is 10.5 Å². The maximum Gasteiger partial charge on any atom is 0.343 e. The number of ether oxygens (including phenoxy) is 1. The Morgan fingerprint density at radius 2 is 1.83 bits per heavy atom. The molecule has 0 bridgehead atoms. The fraction of sp³-hybridized carbons (Fsp3) is 0.0714. The summed E-state index contributed by atoms with van der Waals surface area (Å²) in [6, 6.07) is 10.2. The number of hydrogen-bond acceptors (Lipinski definition) is 3. The van der Waals surface area contributed by atoms with Crippen LogP contribution in [0.1, 0.15) is 15.9 Å². The number of nitrogen functional groups attached to an aromatic ring is 1. The third-order valence-corrected chi connectivity index (χ3v) is 2.48. The largest absolute Gasteiger partial charge is 0.423 e. The number of anilines is 1. The van der Waals surface area contributed by atoms with Crippen molar-refractivity contribution in [2.24, 2.45) is 0 Å². The van der Waals surface area contributed by atoms with E-state index in [9.17, 15) is 9.18 Å². The number of rotatable bonds is 2. The first kappa shape index (κ1) is 12.1. The summed E-state index contributed by atoms with van der Waals surface area (Å²) >= 11 is 0. The second kappa shape index (κ2) is 4.87. The van der Waals surface area contributed by atoms with E-state index < -0.39 is 11.8 Å². The number of carbonyl (C=O) groups excluding carboxylic acids is 1. The third kappa shape index (κ3) is 2.66. The molecule has 0 atom stereocenters. The van der Waals surface area contributed by atoms with Crippen LogP contribution in [0.4, 0.5) is 10.1 Å². The second-order valence-electron chi connectivity index (χ2n) is 3.92. The van der Waals surface area contributed by atoms with Gasteiger partial charge in [-0.25, -0.2) is 9.18 Å². The maximum absolute atomic E-state index is 12.7. The van der Waals surface area contributed by atoms with Gasteiger partial charge < -0.3 is 10.5 Å². The van der Waals surface area contributed by atoms with Crippen molar-refractivity contribution in [2.75, 3.05) is 5.73 Å². The fourth-order valence-corrected chi connectivity index (χ4v) is 1.53. The molecular formula is C14H12FNO2. The predicted molar refractivity (Wildman–Crippen MR) is 66.9 cm³/mol. The molecule has 2 aromatic carbocycles. The van der Waals surface area contributed by atoms with E-state index in [4.69, 9.17) is 10.5 Å². The standard InChI is InChI=1S/C14H12FNO2/c1-9-8-12(16)6-7-13(9)18-14(17)10-2-4-11(15)5-3-10/h2-8H,16H2,1H3. The van der Waals surface area contributed by atoms with Gasteiger partial charge in [0.25, 0.3) is 0 Å². The highest BCUT2D eigenvalue weighted by atomic mass is 19.1. The van der Waals surface area contributed by atoms with Crippen molar-refractivity contribution >= 4 is 11.7 Å². The van der Waals surface area contributed by atoms with Gasteiger partial charge in [0.05, 0.1) is 5.56 Å². The zero-order valence-electron chi connectivity index (χ0n) is 9.81. The Kier molecular flexibility index (Phi) is 3.28. The van der Waals surface area contributed by atoms with E-state index in [0.717, 1.165) is 5.56 Å². The van der Waals surface area contributed by atoms with Crippen LogP contribution in [0.2, 0.25) is 0 Å². The maximum atomic E-state index is 12.7. The smallest absolute Gasteiger partial charge is 0.343 e. The zero-order chi connectivity index (χ0) is 13.1. The van der Waals surface area contributed by atoms with E-state index in [1.165, 1.54) is 24.3 Å². The van der Waals surface area contributed by atoms with Crippen molar-refractivity contribution in [3.63, 3.8) is 0 Å². The van der Waals surface area contributed by atoms with Crippen LogP contribution in [-0.4, -0.2) is 5.97 Å². The molecule has 0 heterocycles. The highest BCUT2D eigenvalue weighted by Crippen LogP contribution is 2.21. The minimum Gasteiger partial charge on any atom is -0.423 e. The van der Waals surface area contributed by atoms with Crippen molar-refractivity contribution in [1.82, 2.24) is 0 Å². The van der Waals surface area contributed by atoms with Gasteiger partial charge in [0, 0.05) is 5.69 Å². The van der Waals surface area contributed by atoms with Crippen molar-refractivity contribution in [2.45, 2.75) is 6.92 Å². The summed E-state index contributed by atoms with van der Waals surface area (Å²) in [5.41, 5.74) is 7.28. The van der Waals surface area contributed by atoms with Gasteiger partial charge in [0.15, 0.2) is 0 Å². The van der Waals surface area contributed by atoms with E-state index in [2.05, 4.69) is 0 Å². The van der Waals surface area contributed by atoms with Gasteiger partial charge in [0.1, 0.15) is 11.6 Å². The molecular weight excluding hydrogens is 233 g/mol. The highest BCUT2D eigenvalue weighted by molar-refractivity contribution is 5.91. The molecule has 92 valence electrons. The molecule has 0 radical (unpaired) electrons. The normalized spacial score (nSPS) is 10.1. The van der Waals surface area contributed by atoms with Crippen LogP contribution in [-0.2, 0) is 0 Å². The van der Waals surface area contributed by atoms with E-state index in [0.29, 0.717) is 17.0 Å². The summed E-state index contributed by atoms with van der Waals surface area (Å²) in [5, 5.41) is 0. The molecule has 0 aliphatic heterocycles. The summed E-state index contributed by atoms with van der Waals surface area (Å²) in [5.74, 6) is -0.475. The molecule has 0 aliphatic rings. The van der Waals surface area contributed by atoms with E-state index >= 15 is 0 Å². The molecule has 0 fully saturated rings. The number of esters is 1. The predicted octanol–water partition coefficient (Wildman–Crippen LogP) is 2.94. The minimum absolute atomic E-state index is 0.299. The van der Waals surface area contributed by atoms with Crippen LogP contribution in [0.5, 0.6) is 5.75 Å². The van der Waals surface area contributed by atoms with E-state index in [1.807, 2.05) is 0 Å². The Balaban J connectivity index is 2.18. The first-order chi connectivity index (χ1) is 8.56. The van der Waals surface area contributed by atoms with Crippen molar-refractivity contribution < 1.29 is 13.9 Å². The Labute approximate surface area is 104 Å². The Morgan fingerprint density at radius 3 is 2.44 bits per heavy atom. The lowest BCUT2D eigenvalue weighted by molar-refractivity contribution is 0.0733. The quantitative estimate of drug-likeness (QED) is 0.502. The van der Waals surface area contributed by atoms with Crippen LogP contribution in [0.3, 0.4) is 0 Å². The summed E-state index contributed by atoms with van der Waals surface area (Å²) in [6.07, 6.45) is 0. The van der Waals surface area contributed by atoms with Crippen molar-refractivity contribution in [1.29, 1.82) is 0 Å². The Bertz CT molecular complexity index is 579. The number of carbonyl (C=O) groups is 1.